The summed E-state index contributed by atoms with van der Waals surface area (Å²) in [5, 5.41) is 0. The Hall–Kier alpha value is -1.87. The Morgan fingerprint density at radius 1 is 1.27 bits per heavy atom. The summed E-state index contributed by atoms with van der Waals surface area (Å²) in [5.41, 5.74) is 6.81. The molecule has 0 amide bonds. The maximum atomic E-state index is 11.4. The lowest BCUT2D eigenvalue weighted by atomic mass is 10.1. The fraction of sp³-hybridized carbons (Fsp3) is 0.0833. The van der Waals surface area contributed by atoms with Gasteiger partial charge in [0.25, 0.3) is 0 Å². The van der Waals surface area contributed by atoms with Gasteiger partial charge in [0, 0.05) is 11.1 Å². The number of carbonyl (C=O) groups is 1. The summed E-state index contributed by atoms with van der Waals surface area (Å²) in [5.74, 6) is 0.685. The molecule has 0 fully saturated rings. The van der Waals surface area contributed by atoms with Gasteiger partial charge in [-0.05, 0) is 18.2 Å². The van der Waals surface area contributed by atoms with Crippen LogP contribution in [0, 0.1) is 0 Å². The average molecular weight is 201 g/mol. The van der Waals surface area contributed by atoms with E-state index in [4.69, 9.17) is 10.2 Å². The first kappa shape index (κ1) is 9.68. The zero-order valence-corrected chi connectivity index (χ0v) is 8.14. The molecule has 2 rings (SSSR count). The first-order chi connectivity index (χ1) is 7.31. The molecule has 0 saturated carbocycles. The standard InChI is InChI=1S/C12H11NO2/c13-8-11(14)9-3-1-4-10(7-9)12-5-2-6-15-12/h1-7H,8,13H2. The van der Waals surface area contributed by atoms with E-state index in [0.29, 0.717) is 5.56 Å². The van der Waals surface area contributed by atoms with Gasteiger partial charge in [-0.15, -0.1) is 0 Å². The molecule has 0 unspecified atom stereocenters. The number of ketones is 1. The molecule has 3 heteroatoms. The summed E-state index contributed by atoms with van der Waals surface area (Å²) >= 11 is 0. The number of benzene rings is 1. The molecule has 0 aliphatic heterocycles. The minimum atomic E-state index is -0.0663. The van der Waals surface area contributed by atoms with Gasteiger partial charge in [0.1, 0.15) is 5.76 Å². The predicted octanol–water partition coefficient (Wildman–Crippen LogP) is 2.09. The van der Waals surface area contributed by atoms with E-state index in [1.54, 1.807) is 18.4 Å². The highest BCUT2D eigenvalue weighted by Crippen LogP contribution is 2.20. The van der Waals surface area contributed by atoms with E-state index in [0.717, 1.165) is 11.3 Å². The van der Waals surface area contributed by atoms with Gasteiger partial charge in [-0.25, -0.2) is 0 Å². The molecular formula is C12H11NO2. The van der Waals surface area contributed by atoms with Gasteiger partial charge in [-0.1, -0.05) is 18.2 Å². The smallest absolute Gasteiger partial charge is 0.176 e. The van der Waals surface area contributed by atoms with Crippen molar-refractivity contribution >= 4 is 5.78 Å². The van der Waals surface area contributed by atoms with Crippen molar-refractivity contribution < 1.29 is 9.21 Å². The van der Waals surface area contributed by atoms with Crippen molar-refractivity contribution in [2.45, 2.75) is 0 Å². The van der Waals surface area contributed by atoms with Crippen molar-refractivity contribution in [3.8, 4) is 11.3 Å². The second-order valence-electron chi connectivity index (χ2n) is 3.19. The first-order valence-corrected chi connectivity index (χ1v) is 4.68. The lowest BCUT2D eigenvalue weighted by molar-refractivity contribution is 0.100. The first-order valence-electron chi connectivity index (χ1n) is 4.68. The Kier molecular flexibility index (Phi) is 2.65. The summed E-state index contributed by atoms with van der Waals surface area (Å²) < 4.78 is 5.25. The zero-order valence-electron chi connectivity index (χ0n) is 8.14. The lowest BCUT2D eigenvalue weighted by Gasteiger charge is -2.00. The predicted molar refractivity (Wildman–Crippen MR) is 57.5 cm³/mol. The second-order valence-corrected chi connectivity index (χ2v) is 3.19. The number of Topliss-reactive ketones (excluding diaryl/α,β-unsaturated/α-hetero) is 1. The maximum absolute atomic E-state index is 11.4. The largest absolute Gasteiger partial charge is 0.464 e. The maximum Gasteiger partial charge on any atom is 0.176 e. The van der Waals surface area contributed by atoms with Crippen molar-refractivity contribution in [3.05, 3.63) is 48.2 Å². The molecule has 1 aromatic heterocycles. The number of hydrogen-bond acceptors (Lipinski definition) is 3. The Morgan fingerprint density at radius 2 is 2.13 bits per heavy atom. The van der Waals surface area contributed by atoms with Gasteiger partial charge in [0.2, 0.25) is 0 Å². The van der Waals surface area contributed by atoms with E-state index < -0.39 is 0 Å². The highest BCUT2D eigenvalue weighted by Gasteiger charge is 2.06. The fourth-order valence-electron chi connectivity index (χ4n) is 1.41. The summed E-state index contributed by atoms with van der Waals surface area (Å²) in [4.78, 5) is 11.4. The zero-order chi connectivity index (χ0) is 10.7. The van der Waals surface area contributed by atoms with Crippen molar-refractivity contribution in [1.29, 1.82) is 0 Å². The van der Waals surface area contributed by atoms with Crippen LogP contribution in [0.4, 0.5) is 0 Å². The Bertz CT molecular complexity index is 460. The topological polar surface area (TPSA) is 56.2 Å². The molecule has 1 aromatic carbocycles. The number of nitrogens with two attached hydrogens (primary N) is 1. The van der Waals surface area contributed by atoms with Crippen LogP contribution in [0.25, 0.3) is 11.3 Å². The molecule has 0 radical (unpaired) electrons. The molecule has 0 atom stereocenters. The summed E-state index contributed by atoms with van der Waals surface area (Å²) in [6.45, 7) is 0.0294. The van der Waals surface area contributed by atoms with Crippen LogP contribution in [-0.2, 0) is 0 Å². The molecule has 0 bridgehead atoms. The van der Waals surface area contributed by atoms with Crippen LogP contribution in [0.15, 0.2) is 47.1 Å². The number of carbonyl (C=O) groups excluding carboxylic acids is 1. The van der Waals surface area contributed by atoms with Gasteiger partial charge >= 0.3 is 0 Å². The van der Waals surface area contributed by atoms with Gasteiger partial charge < -0.3 is 10.2 Å². The van der Waals surface area contributed by atoms with E-state index >= 15 is 0 Å². The van der Waals surface area contributed by atoms with E-state index in [2.05, 4.69) is 0 Å². The molecule has 76 valence electrons. The van der Waals surface area contributed by atoms with Crippen LogP contribution in [-0.4, -0.2) is 12.3 Å². The van der Waals surface area contributed by atoms with Crippen LogP contribution in [0.3, 0.4) is 0 Å². The molecule has 2 N–H and O–H groups in total. The van der Waals surface area contributed by atoms with Crippen LogP contribution in [0.1, 0.15) is 10.4 Å². The van der Waals surface area contributed by atoms with Crippen LogP contribution >= 0.6 is 0 Å². The van der Waals surface area contributed by atoms with Crippen molar-refractivity contribution in [2.24, 2.45) is 5.73 Å². The van der Waals surface area contributed by atoms with Crippen molar-refractivity contribution in [2.75, 3.05) is 6.54 Å². The molecule has 0 aliphatic rings. The molecule has 0 saturated heterocycles. The number of furan rings is 1. The minimum Gasteiger partial charge on any atom is -0.464 e. The molecule has 0 aliphatic carbocycles. The van der Waals surface area contributed by atoms with Crippen molar-refractivity contribution in [1.82, 2.24) is 0 Å². The highest BCUT2D eigenvalue weighted by molar-refractivity contribution is 5.98. The Morgan fingerprint density at radius 3 is 2.80 bits per heavy atom. The monoisotopic (exact) mass is 201 g/mol. The van der Waals surface area contributed by atoms with Gasteiger partial charge in [-0.3, -0.25) is 4.79 Å². The van der Waals surface area contributed by atoms with Crippen LogP contribution in [0.5, 0.6) is 0 Å². The minimum absolute atomic E-state index is 0.0294. The van der Waals surface area contributed by atoms with E-state index in [9.17, 15) is 4.79 Å². The average Bonchev–Trinajstić information content (AvgIpc) is 2.82. The molecule has 1 heterocycles. The van der Waals surface area contributed by atoms with E-state index in [-0.39, 0.29) is 12.3 Å². The Labute approximate surface area is 87.5 Å². The highest BCUT2D eigenvalue weighted by atomic mass is 16.3. The molecule has 2 aromatic rings. The van der Waals surface area contributed by atoms with E-state index in [1.807, 2.05) is 24.3 Å². The summed E-state index contributed by atoms with van der Waals surface area (Å²) in [7, 11) is 0. The molecule has 3 nitrogen and oxygen atoms in total. The van der Waals surface area contributed by atoms with Crippen LogP contribution < -0.4 is 5.73 Å². The van der Waals surface area contributed by atoms with Crippen LogP contribution in [0.2, 0.25) is 0 Å². The van der Waals surface area contributed by atoms with Gasteiger partial charge in [0.05, 0.1) is 12.8 Å². The molecule has 0 spiro atoms. The third-order valence-electron chi connectivity index (χ3n) is 2.18. The lowest BCUT2D eigenvalue weighted by Crippen LogP contribution is -2.13. The Balaban J connectivity index is 2.39. The molecular weight excluding hydrogens is 190 g/mol. The third-order valence-corrected chi connectivity index (χ3v) is 2.18. The number of rotatable bonds is 3. The molecule has 15 heavy (non-hydrogen) atoms. The fourth-order valence-corrected chi connectivity index (χ4v) is 1.41. The number of hydrogen-bond donors (Lipinski definition) is 1. The van der Waals surface area contributed by atoms with E-state index in [1.165, 1.54) is 0 Å². The van der Waals surface area contributed by atoms with Gasteiger partial charge in [0.15, 0.2) is 5.78 Å². The van der Waals surface area contributed by atoms with Crippen molar-refractivity contribution in [3.63, 3.8) is 0 Å². The second kappa shape index (κ2) is 4.11. The summed E-state index contributed by atoms with van der Waals surface area (Å²) in [6.07, 6.45) is 1.60. The quantitative estimate of drug-likeness (QED) is 0.773. The SMILES string of the molecule is NCC(=O)c1cccc(-c2ccco2)c1. The normalized spacial score (nSPS) is 10.2. The van der Waals surface area contributed by atoms with Gasteiger partial charge in [-0.2, -0.15) is 0 Å². The third kappa shape index (κ3) is 1.97. The summed E-state index contributed by atoms with van der Waals surface area (Å²) in [6, 6.07) is 10.9.